The van der Waals surface area contributed by atoms with E-state index < -0.39 is 0 Å². The van der Waals surface area contributed by atoms with Gasteiger partial charge in [-0.2, -0.15) is 5.10 Å². The molecule has 152 valence electrons. The van der Waals surface area contributed by atoms with Crippen molar-refractivity contribution in [3.05, 3.63) is 59.2 Å². The fraction of sp³-hybridized carbons (Fsp3) is 0.391. The predicted molar refractivity (Wildman–Crippen MR) is 123 cm³/mol. The molecule has 1 fully saturated rings. The molecule has 2 aliphatic rings. The van der Waals surface area contributed by atoms with Gasteiger partial charge in [0.05, 0.1) is 18.9 Å². The van der Waals surface area contributed by atoms with Gasteiger partial charge in [-0.05, 0) is 72.4 Å². The first-order valence-corrected chi connectivity index (χ1v) is 10.7. The third-order valence-electron chi connectivity index (χ3n) is 5.58. The van der Waals surface area contributed by atoms with Crippen LogP contribution in [0, 0.1) is 0 Å². The van der Waals surface area contributed by atoms with Crippen LogP contribution in [-0.4, -0.2) is 55.1 Å². The van der Waals surface area contributed by atoms with Crippen molar-refractivity contribution < 1.29 is 4.74 Å². The number of morpholine rings is 1. The maximum Gasteiger partial charge on any atom is 0.186 e. The smallest absolute Gasteiger partial charge is 0.186 e. The van der Waals surface area contributed by atoms with E-state index in [9.17, 15) is 0 Å². The topological polar surface area (TPSA) is 48.9 Å². The first kappa shape index (κ1) is 20.0. The Morgan fingerprint density at radius 1 is 1.10 bits per heavy atom. The highest BCUT2D eigenvalue weighted by Gasteiger charge is 2.18. The first-order valence-electron chi connectivity index (χ1n) is 10.3. The SMILES string of the molecule is C/C(=N/NC(=S)NCCCN1CCOCC1)c1ccc2c(c1)Cc1ccccc1-2. The number of ether oxygens (including phenoxy) is 1. The number of nitrogens with zero attached hydrogens (tertiary/aromatic N) is 2. The van der Waals surface area contributed by atoms with Crippen LogP contribution < -0.4 is 10.7 Å². The normalized spacial score (nSPS) is 16.2. The van der Waals surface area contributed by atoms with Gasteiger partial charge in [0.1, 0.15) is 0 Å². The number of fused-ring (bicyclic) bond motifs is 3. The van der Waals surface area contributed by atoms with Gasteiger partial charge < -0.3 is 10.1 Å². The van der Waals surface area contributed by atoms with Gasteiger partial charge in [-0.1, -0.05) is 36.4 Å². The molecule has 0 atom stereocenters. The van der Waals surface area contributed by atoms with Crippen molar-refractivity contribution in [3.8, 4) is 11.1 Å². The Morgan fingerprint density at radius 3 is 2.76 bits per heavy atom. The Labute approximate surface area is 178 Å². The molecule has 4 rings (SSSR count). The van der Waals surface area contributed by atoms with E-state index in [1.54, 1.807) is 0 Å². The van der Waals surface area contributed by atoms with Gasteiger partial charge >= 0.3 is 0 Å². The molecule has 1 saturated heterocycles. The minimum atomic E-state index is 0.569. The first-order chi connectivity index (χ1) is 14.2. The number of hydrazone groups is 1. The molecule has 1 heterocycles. The molecule has 2 aromatic carbocycles. The predicted octanol–water partition coefficient (Wildman–Crippen LogP) is 3.17. The summed E-state index contributed by atoms with van der Waals surface area (Å²) in [6.45, 7) is 7.66. The Bertz CT molecular complexity index is 906. The van der Waals surface area contributed by atoms with E-state index in [1.807, 2.05) is 6.92 Å². The van der Waals surface area contributed by atoms with Gasteiger partial charge in [-0.3, -0.25) is 10.3 Å². The number of benzene rings is 2. The summed E-state index contributed by atoms with van der Waals surface area (Å²) in [5.41, 5.74) is 10.5. The molecule has 0 bridgehead atoms. The number of hydrogen-bond donors (Lipinski definition) is 2. The van der Waals surface area contributed by atoms with E-state index in [0.29, 0.717) is 5.11 Å². The molecular formula is C23H28N4OS. The lowest BCUT2D eigenvalue weighted by Gasteiger charge is -2.26. The quantitative estimate of drug-likeness (QED) is 0.284. The van der Waals surface area contributed by atoms with Crippen molar-refractivity contribution in [3.63, 3.8) is 0 Å². The molecule has 0 amide bonds. The highest BCUT2D eigenvalue weighted by molar-refractivity contribution is 7.80. The fourth-order valence-corrected chi connectivity index (χ4v) is 4.09. The van der Waals surface area contributed by atoms with Crippen LogP contribution in [0.1, 0.15) is 30.0 Å². The number of nitrogens with one attached hydrogen (secondary N) is 2. The number of rotatable bonds is 6. The summed E-state index contributed by atoms with van der Waals surface area (Å²) < 4.78 is 5.37. The molecule has 1 aliphatic carbocycles. The zero-order chi connectivity index (χ0) is 20.1. The Hall–Kier alpha value is -2.28. The molecule has 0 spiro atoms. The van der Waals surface area contributed by atoms with Crippen LogP contribution in [0.25, 0.3) is 11.1 Å². The molecule has 0 aromatic heterocycles. The largest absolute Gasteiger partial charge is 0.379 e. The number of hydrogen-bond acceptors (Lipinski definition) is 4. The summed E-state index contributed by atoms with van der Waals surface area (Å²) in [4.78, 5) is 2.43. The second-order valence-electron chi connectivity index (χ2n) is 7.58. The third kappa shape index (κ3) is 5.01. The summed E-state index contributed by atoms with van der Waals surface area (Å²) in [7, 11) is 0. The second-order valence-corrected chi connectivity index (χ2v) is 7.99. The van der Waals surface area contributed by atoms with E-state index in [4.69, 9.17) is 17.0 Å². The van der Waals surface area contributed by atoms with Gasteiger partial charge in [0.2, 0.25) is 0 Å². The van der Waals surface area contributed by atoms with Crippen LogP contribution in [0.3, 0.4) is 0 Å². The van der Waals surface area contributed by atoms with Gasteiger partial charge in [0, 0.05) is 19.6 Å². The highest BCUT2D eigenvalue weighted by atomic mass is 32.1. The molecular weight excluding hydrogens is 380 g/mol. The van der Waals surface area contributed by atoms with E-state index in [-0.39, 0.29) is 0 Å². The standard InChI is InChI=1S/C23H28N4OS/c1-17(25-26-23(29)24-9-4-10-27-11-13-28-14-12-27)18-7-8-22-20(15-18)16-19-5-2-3-6-21(19)22/h2-3,5-8,15H,4,9-14,16H2,1H3,(H2,24,26,29)/b25-17-. The monoisotopic (exact) mass is 408 g/mol. The van der Waals surface area contributed by atoms with Crippen molar-refractivity contribution in [2.75, 3.05) is 39.4 Å². The van der Waals surface area contributed by atoms with E-state index in [2.05, 4.69) is 63.2 Å². The molecule has 0 saturated carbocycles. The van der Waals surface area contributed by atoms with Crippen LogP contribution >= 0.6 is 12.2 Å². The molecule has 1 aliphatic heterocycles. The van der Waals surface area contributed by atoms with Crippen LogP contribution in [0.15, 0.2) is 47.6 Å². The van der Waals surface area contributed by atoms with Crippen LogP contribution in [-0.2, 0) is 11.2 Å². The Balaban J connectivity index is 1.26. The van der Waals surface area contributed by atoms with E-state index >= 15 is 0 Å². The average molecular weight is 409 g/mol. The zero-order valence-electron chi connectivity index (χ0n) is 16.9. The molecule has 2 aromatic rings. The van der Waals surface area contributed by atoms with Gasteiger partial charge in [0.15, 0.2) is 5.11 Å². The molecule has 6 heteroatoms. The van der Waals surface area contributed by atoms with Crippen LogP contribution in [0.2, 0.25) is 0 Å². The molecule has 2 N–H and O–H groups in total. The summed E-state index contributed by atoms with van der Waals surface area (Å²) in [6.07, 6.45) is 2.04. The molecule has 0 radical (unpaired) electrons. The fourth-order valence-electron chi connectivity index (χ4n) is 3.94. The summed E-state index contributed by atoms with van der Waals surface area (Å²) in [6, 6.07) is 15.2. The van der Waals surface area contributed by atoms with Crippen molar-refractivity contribution in [1.29, 1.82) is 0 Å². The van der Waals surface area contributed by atoms with Crippen LogP contribution in [0.4, 0.5) is 0 Å². The number of thiocarbonyl (C=S) groups is 1. The minimum Gasteiger partial charge on any atom is -0.379 e. The summed E-state index contributed by atoms with van der Waals surface area (Å²) in [5.74, 6) is 0. The second kappa shape index (κ2) is 9.48. The minimum absolute atomic E-state index is 0.569. The lowest BCUT2D eigenvalue weighted by molar-refractivity contribution is 0.0376. The summed E-state index contributed by atoms with van der Waals surface area (Å²) >= 11 is 5.36. The van der Waals surface area contributed by atoms with Crippen molar-refractivity contribution >= 4 is 23.0 Å². The maximum atomic E-state index is 5.37. The van der Waals surface area contributed by atoms with Crippen LogP contribution in [0.5, 0.6) is 0 Å². The van der Waals surface area contributed by atoms with Gasteiger partial charge in [-0.15, -0.1) is 0 Å². The lowest BCUT2D eigenvalue weighted by atomic mass is 10.0. The van der Waals surface area contributed by atoms with Crippen molar-refractivity contribution in [2.24, 2.45) is 5.10 Å². The average Bonchev–Trinajstić information content (AvgIpc) is 3.13. The molecule has 0 unspecified atom stereocenters. The molecule has 5 nitrogen and oxygen atoms in total. The van der Waals surface area contributed by atoms with Gasteiger partial charge in [0.25, 0.3) is 0 Å². The van der Waals surface area contributed by atoms with Crippen molar-refractivity contribution in [2.45, 2.75) is 19.8 Å². The van der Waals surface area contributed by atoms with E-state index in [0.717, 1.165) is 63.5 Å². The highest BCUT2D eigenvalue weighted by Crippen LogP contribution is 2.36. The molecule has 29 heavy (non-hydrogen) atoms. The lowest BCUT2D eigenvalue weighted by Crippen LogP contribution is -2.39. The van der Waals surface area contributed by atoms with E-state index in [1.165, 1.54) is 22.3 Å². The Morgan fingerprint density at radius 2 is 1.90 bits per heavy atom. The zero-order valence-corrected chi connectivity index (χ0v) is 17.7. The van der Waals surface area contributed by atoms with Crippen molar-refractivity contribution in [1.82, 2.24) is 15.6 Å². The third-order valence-corrected chi connectivity index (χ3v) is 5.81. The Kier molecular flexibility index (Phi) is 6.54. The summed E-state index contributed by atoms with van der Waals surface area (Å²) in [5, 5.41) is 8.28. The van der Waals surface area contributed by atoms with Gasteiger partial charge in [-0.25, -0.2) is 0 Å². The maximum absolute atomic E-state index is 5.37.